The molecule has 0 aliphatic rings. The molecule has 0 bridgehead atoms. The van der Waals surface area contributed by atoms with E-state index >= 15 is 0 Å². The summed E-state index contributed by atoms with van der Waals surface area (Å²) in [5, 5.41) is 11.8. The van der Waals surface area contributed by atoms with Crippen molar-refractivity contribution in [1.82, 2.24) is 0 Å². The lowest BCUT2D eigenvalue weighted by atomic mass is 10.0. The van der Waals surface area contributed by atoms with Gasteiger partial charge in [0.15, 0.2) is 0 Å². The van der Waals surface area contributed by atoms with Gasteiger partial charge in [-0.05, 0) is 12.0 Å². The second-order valence-corrected chi connectivity index (χ2v) is 4.10. The number of nitrogens with zero attached hydrogens (tertiary/aromatic N) is 1. The molecular weight excluding hydrogens is 269 g/mol. The standard InChI is InChI=1S/C9H9BrClNO2/c1-6(5-10)8-3-2-7(11)4-9(8)12(13)14/h2-4,6H,5H2,1H3. The van der Waals surface area contributed by atoms with Crippen LogP contribution in [-0.4, -0.2) is 10.3 Å². The van der Waals surface area contributed by atoms with Crippen LogP contribution in [0.15, 0.2) is 18.2 Å². The number of rotatable bonds is 3. The summed E-state index contributed by atoms with van der Waals surface area (Å²) in [5.41, 5.74) is 0.792. The Morgan fingerprint density at radius 2 is 2.29 bits per heavy atom. The third-order valence-corrected chi connectivity index (χ3v) is 3.16. The maximum atomic E-state index is 10.7. The fourth-order valence-corrected chi connectivity index (χ4v) is 1.69. The van der Waals surface area contributed by atoms with E-state index in [0.29, 0.717) is 15.9 Å². The van der Waals surface area contributed by atoms with Crippen molar-refractivity contribution < 1.29 is 4.92 Å². The Bertz CT molecular complexity index is 357. The zero-order chi connectivity index (χ0) is 10.7. The summed E-state index contributed by atoms with van der Waals surface area (Å²) in [7, 11) is 0. The van der Waals surface area contributed by atoms with Crippen molar-refractivity contribution in [2.24, 2.45) is 0 Å². The second-order valence-electron chi connectivity index (χ2n) is 3.02. The maximum absolute atomic E-state index is 10.7. The van der Waals surface area contributed by atoms with Crippen molar-refractivity contribution in [3.05, 3.63) is 38.9 Å². The fraction of sp³-hybridized carbons (Fsp3) is 0.333. The van der Waals surface area contributed by atoms with Crippen LogP contribution in [-0.2, 0) is 0 Å². The van der Waals surface area contributed by atoms with Gasteiger partial charge >= 0.3 is 0 Å². The number of alkyl halides is 1. The lowest BCUT2D eigenvalue weighted by molar-refractivity contribution is -0.385. The maximum Gasteiger partial charge on any atom is 0.274 e. The van der Waals surface area contributed by atoms with Gasteiger partial charge in [0.1, 0.15) is 0 Å². The molecule has 0 saturated heterocycles. The van der Waals surface area contributed by atoms with E-state index in [-0.39, 0.29) is 11.6 Å². The van der Waals surface area contributed by atoms with Crippen molar-refractivity contribution in [2.45, 2.75) is 12.8 Å². The van der Waals surface area contributed by atoms with Gasteiger partial charge in [-0.1, -0.05) is 40.5 Å². The van der Waals surface area contributed by atoms with Gasteiger partial charge in [0.05, 0.1) is 4.92 Å². The molecule has 0 N–H and O–H groups in total. The largest absolute Gasteiger partial charge is 0.274 e. The highest BCUT2D eigenvalue weighted by molar-refractivity contribution is 9.09. The van der Waals surface area contributed by atoms with Crippen molar-refractivity contribution in [3.8, 4) is 0 Å². The molecule has 0 saturated carbocycles. The van der Waals surface area contributed by atoms with E-state index in [1.807, 2.05) is 6.92 Å². The molecule has 3 nitrogen and oxygen atoms in total. The highest BCUT2D eigenvalue weighted by Gasteiger charge is 2.18. The number of halogens is 2. The quantitative estimate of drug-likeness (QED) is 0.480. The molecule has 0 aliphatic heterocycles. The Morgan fingerprint density at radius 3 is 2.79 bits per heavy atom. The van der Waals surface area contributed by atoms with E-state index in [0.717, 1.165) is 0 Å². The van der Waals surface area contributed by atoms with Crippen LogP contribution in [0.1, 0.15) is 18.4 Å². The van der Waals surface area contributed by atoms with E-state index in [2.05, 4.69) is 15.9 Å². The summed E-state index contributed by atoms with van der Waals surface area (Å²) < 4.78 is 0. The Kier molecular flexibility index (Phi) is 3.89. The monoisotopic (exact) mass is 277 g/mol. The topological polar surface area (TPSA) is 43.1 Å². The summed E-state index contributed by atoms with van der Waals surface area (Å²) in [6.45, 7) is 1.92. The second kappa shape index (κ2) is 4.75. The van der Waals surface area contributed by atoms with Crippen LogP contribution in [0, 0.1) is 10.1 Å². The van der Waals surface area contributed by atoms with E-state index in [9.17, 15) is 10.1 Å². The third kappa shape index (κ3) is 2.45. The fourth-order valence-electron chi connectivity index (χ4n) is 1.17. The molecule has 0 aromatic heterocycles. The molecule has 14 heavy (non-hydrogen) atoms. The first-order chi connectivity index (χ1) is 6.56. The van der Waals surface area contributed by atoms with Crippen LogP contribution in [0.3, 0.4) is 0 Å². The minimum Gasteiger partial charge on any atom is -0.258 e. The van der Waals surface area contributed by atoms with Gasteiger partial charge in [0, 0.05) is 22.0 Å². The summed E-state index contributed by atoms with van der Waals surface area (Å²) in [5.74, 6) is 0.104. The van der Waals surface area contributed by atoms with Gasteiger partial charge in [-0.25, -0.2) is 0 Å². The Morgan fingerprint density at radius 1 is 1.64 bits per heavy atom. The van der Waals surface area contributed by atoms with Gasteiger partial charge in [-0.15, -0.1) is 0 Å². The first kappa shape index (κ1) is 11.5. The van der Waals surface area contributed by atoms with Gasteiger partial charge in [0.2, 0.25) is 0 Å². The average Bonchev–Trinajstić information content (AvgIpc) is 2.16. The summed E-state index contributed by atoms with van der Waals surface area (Å²) >= 11 is 8.99. The van der Waals surface area contributed by atoms with Crippen molar-refractivity contribution >= 4 is 33.2 Å². The molecule has 0 heterocycles. The smallest absolute Gasteiger partial charge is 0.258 e. The minimum atomic E-state index is -0.402. The van der Waals surface area contributed by atoms with Crippen LogP contribution in [0.4, 0.5) is 5.69 Å². The van der Waals surface area contributed by atoms with Gasteiger partial charge in [-0.3, -0.25) is 10.1 Å². The number of benzene rings is 1. The number of hydrogen-bond acceptors (Lipinski definition) is 2. The Balaban J connectivity index is 3.21. The Labute approximate surface area is 95.4 Å². The predicted molar refractivity (Wildman–Crippen MR) is 60.3 cm³/mol. The molecule has 0 fully saturated rings. The van der Waals surface area contributed by atoms with Gasteiger partial charge < -0.3 is 0 Å². The number of nitro groups is 1. The molecule has 0 radical (unpaired) electrons. The van der Waals surface area contributed by atoms with Crippen molar-refractivity contribution in [3.63, 3.8) is 0 Å². The zero-order valence-electron chi connectivity index (χ0n) is 7.54. The van der Waals surface area contributed by atoms with Crippen LogP contribution in [0.25, 0.3) is 0 Å². The van der Waals surface area contributed by atoms with Crippen molar-refractivity contribution in [1.29, 1.82) is 0 Å². The molecule has 0 spiro atoms. The van der Waals surface area contributed by atoms with E-state index < -0.39 is 4.92 Å². The van der Waals surface area contributed by atoms with Crippen LogP contribution >= 0.6 is 27.5 Å². The molecule has 0 aliphatic carbocycles. The molecule has 1 unspecified atom stereocenters. The van der Waals surface area contributed by atoms with Gasteiger partial charge in [0.25, 0.3) is 5.69 Å². The number of hydrogen-bond donors (Lipinski definition) is 0. The summed E-state index contributed by atoms with van der Waals surface area (Å²) in [6.07, 6.45) is 0. The molecule has 1 aromatic rings. The third-order valence-electron chi connectivity index (χ3n) is 1.95. The zero-order valence-corrected chi connectivity index (χ0v) is 9.88. The highest BCUT2D eigenvalue weighted by atomic mass is 79.9. The van der Waals surface area contributed by atoms with Crippen LogP contribution in [0.2, 0.25) is 5.02 Å². The normalized spacial score (nSPS) is 12.5. The van der Waals surface area contributed by atoms with E-state index in [4.69, 9.17) is 11.6 Å². The molecule has 5 heteroatoms. The number of nitro benzene ring substituents is 1. The first-order valence-electron chi connectivity index (χ1n) is 4.06. The lowest BCUT2D eigenvalue weighted by Crippen LogP contribution is -2.00. The van der Waals surface area contributed by atoms with Crippen LogP contribution < -0.4 is 0 Å². The molecule has 76 valence electrons. The summed E-state index contributed by atoms with van der Waals surface area (Å²) in [4.78, 5) is 10.3. The molecule has 1 rings (SSSR count). The molecule has 1 aromatic carbocycles. The van der Waals surface area contributed by atoms with E-state index in [1.54, 1.807) is 12.1 Å². The highest BCUT2D eigenvalue weighted by Crippen LogP contribution is 2.30. The van der Waals surface area contributed by atoms with Gasteiger partial charge in [-0.2, -0.15) is 0 Å². The Hall–Kier alpha value is -0.610. The minimum absolute atomic E-state index is 0.0875. The predicted octanol–water partition coefficient (Wildman–Crippen LogP) is 3.75. The lowest BCUT2D eigenvalue weighted by Gasteiger charge is -2.08. The SMILES string of the molecule is CC(CBr)c1ccc(Cl)cc1[N+](=O)[O-]. The molecular formula is C9H9BrClNO2. The van der Waals surface area contributed by atoms with Crippen LogP contribution in [0.5, 0.6) is 0 Å². The first-order valence-corrected chi connectivity index (χ1v) is 5.56. The molecule has 0 amide bonds. The summed E-state index contributed by atoms with van der Waals surface area (Å²) in [6, 6.07) is 4.76. The molecule has 1 atom stereocenters. The van der Waals surface area contributed by atoms with Crippen molar-refractivity contribution in [2.75, 3.05) is 5.33 Å². The average molecular weight is 279 g/mol. The van der Waals surface area contributed by atoms with E-state index in [1.165, 1.54) is 6.07 Å².